The lowest BCUT2D eigenvalue weighted by molar-refractivity contribution is -0.116. The van der Waals surface area contributed by atoms with Gasteiger partial charge in [0.1, 0.15) is 16.5 Å². The molecular weight excluding hydrogens is 366 g/mol. The van der Waals surface area contributed by atoms with Crippen LogP contribution in [0.15, 0.2) is 24.3 Å². The summed E-state index contributed by atoms with van der Waals surface area (Å²) in [7, 11) is 2.98. The minimum atomic E-state index is -0.382. The number of amides is 1. The zero-order chi connectivity index (χ0) is 19.2. The first-order valence-electron chi connectivity index (χ1n) is 8.92. The van der Waals surface area contributed by atoms with E-state index in [2.05, 4.69) is 5.32 Å². The number of benzene rings is 1. The Hall–Kier alpha value is -2.54. The third-order valence-electron chi connectivity index (χ3n) is 4.44. The number of rotatable bonds is 8. The molecule has 2 aromatic rings. The van der Waals surface area contributed by atoms with Gasteiger partial charge in [-0.15, -0.1) is 11.3 Å². The van der Waals surface area contributed by atoms with Gasteiger partial charge in [-0.1, -0.05) is 0 Å². The second kappa shape index (κ2) is 8.90. The summed E-state index contributed by atoms with van der Waals surface area (Å²) in [5.41, 5.74) is 1.56. The summed E-state index contributed by atoms with van der Waals surface area (Å²) in [5.74, 6) is 0.996. The van der Waals surface area contributed by atoms with Gasteiger partial charge in [0.25, 0.3) is 0 Å². The number of carbonyl (C=O) groups excluding carboxylic acids is 2. The van der Waals surface area contributed by atoms with Crippen LogP contribution in [0.2, 0.25) is 0 Å². The van der Waals surface area contributed by atoms with Crippen LogP contribution in [0.25, 0.3) is 0 Å². The Morgan fingerprint density at radius 3 is 2.56 bits per heavy atom. The van der Waals surface area contributed by atoms with E-state index in [1.807, 2.05) is 24.3 Å². The molecule has 144 valence electrons. The molecule has 1 aromatic heterocycles. The first-order chi connectivity index (χ1) is 13.1. The number of hydrogen-bond donors (Lipinski definition) is 1. The monoisotopic (exact) mass is 389 g/mol. The Bertz CT molecular complexity index is 813. The first-order valence-corrected chi connectivity index (χ1v) is 9.73. The van der Waals surface area contributed by atoms with Gasteiger partial charge in [0.15, 0.2) is 0 Å². The number of methoxy groups -OCH3 is 2. The minimum Gasteiger partial charge on any atom is -0.497 e. The van der Waals surface area contributed by atoms with Gasteiger partial charge in [0.2, 0.25) is 5.91 Å². The van der Waals surface area contributed by atoms with E-state index in [1.54, 1.807) is 7.11 Å². The van der Waals surface area contributed by atoms with Crippen molar-refractivity contribution >= 4 is 28.2 Å². The van der Waals surface area contributed by atoms with E-state index in [9.17, 15) is 9.59 Å². The highest BCUT2D eigenvalue weighted by Gasteiger charge is 2.27. The molecule has 1 aliphatic carbocycles. The SMILES string of the molecule is COC(=O)c1c(NC(=O)CCCOc2ccc(OC)cc2)sc2c1CCC2. The normalized spacial score (nSPS) is 12.4. The smallest absolute Gasteiger partial charge is 0.341 e. The molecule has 1 heterocycles. The summed E-state index contributed by atoms with van der Waals surface area (Å²) in [6.45, 7) is 0.435. The second-order valence-corrected chi connectivity index (χ2v) is 7.33. The van der Waals surface area contributed by atoms with Crippen molar-refractivity contribution in [2.24, 2.45) is 0 Å². The Morgan fingerprint density at radius 2 is 1.85 bits per heavy atom. The summed E-state index contributed by atoms with van der Waals surface area (Å²) < 4.78 is 15.6. The number of fused-ring (bicyclic) bond motifs is 1. The van der Waals surface area contributed by atoms with Crippen LogP contribution in [0.4, 0.5) is 5.00 Å². The molecular formula is C20H23NO5S. The fraction of sp³-hybridized carbons (Fsp3) is 0.400. The number of nitrogens with one attached hydrogen (secondary N) is 1. The predicted molar refractivity (Wildman–Crippen MR) is 104 cm³/mol. The molecule has 6 nitrogen and oxygen atoms in total. The predicted octanol–water partition coefficient (Wildman–Crippen LogP) is 3.83. The minimum absolute atomic E-state index is 0.126. The van der Waals surface area contributed by atoms with Crippen molar-refractivity contribution in [1.82, 2.24) is 0 Å². The van der Waals surface area contributed by atoms with Crippen LogP contribution >= 0.6 is 11.3 Å². The van der Waals surface area contributed by atoms with Gasteiger partial charge < -0.3 is 19.5 Å². The van der Waals surface area contributed by atoms with Gasteiger partial charge in [-0.3, -0.25) is 4.79 Å². The van der Waals surface area contributed by atoms with E-state index in [0.717, 1.165) is 36.3 Å². The van der Waals surface area contributed by atoms with Gasteiger partial charge >= 0.3 is 5.97 Å². The van der Waals surface area contributed by atoms with Crippen molar-refractivity contribution in [2.45, 2.75) is 32.1 Å². The summed E-state index contributed by atoms with van der Waals surface area (Å²) >= 11 is 1.48. The Kier molecular flexibility index (Phi) is 6.34. The first kappa shape index (κ1) is 19.2. The van der Waals surface area contributed by atoms with Gasteiger partial charge in [-0.05, 0) is 55.5 Å². The zero-order valence-corrected chi connectivity index (χ0v) is 16.3. The van der Waals surface area contributed by atoms with Crippen molar-refractivity contribution in [1.29, 1.82) is 0 Å². The lowest BCUT2D eigenvalue weighted by Gasteiger charge is -2.08. The van der Waals surface area contributed by atoms with E-state index >= 15 is 0 Å². The van der Waals surface area contributed by atoms with E-state index < -0.39 is 0 Å². The lowest BCUT2D eigenvalue weighted by Crippen LogP contribution is -2.15. The van der Waals surface area contributed by atoms with Crippen LogP contribution in [-0.2, 0) is 22.4 Å². The largest absolute Gasteiger partial charge is 0.497 e. The van der Waals surface area contributed by atoms with Gasteiger partial charge in [0.05, 0.1) is 26.4 Å². The fourth-order valence-corrected chi connectivity index (χ4v) is 4.39. The van der Waals surface area contributed by atoms with E-state index in [0.29, 0.717) is 30.0 Å². The van der Waals surface area contributed by atoms with Gasteiger partial charge in [-0.2, -0.15) is 0 Å². The Morgan fingerprint density at radius 1 is 1.11 bits per heavy atom. The van der Waals surface area contributed by atoms with E-state index in [4.69, 9.17) is 14.2 Å². The van der Waals surface area contributed by atoms with Crippen LogP contribution in [0.5, 0.6) is 11.5 Å². The number of aryl methyl sites for hydroxylation is 1. The molecule has 7 heteroatoms. The van der Waals surface area contributed by atoms with Crippen LogP contribution in [0, 0.1) is 0 Å². The summed E-state index contributed by atoms with van der Waals surface area (Å²) in [6, 6.07) is 7.31. The molecule has 1 N–H and O–H groups in total. The number of carbonyl (C=O) groups is 2. The van der Waals surface area contributed by atoms with Gasteiger partial charge in [-0.25, -0.2) is 4.79 Å². The summed E-state index contributed by atoms with van der Waals surface area (Å²) in [4.78, 5) is 25.5. The molecule has 27 heavy (non-hydrogen) atoms. The fourth-order valence-electron chi connectivity index (χ4n) is 3.09. The molecule has 0 fully saturated rings. The lowest BCUT2D eigenvalue weighted by atomic mass is 10.1. The van der Waals surface area contributed by atoms with Crippen molar-refractivity contribution in [3.05, 3.63) is 40.3 Å². The maximum absolute atomic E-state index is 12.3. The molecule has 1 aromatic carbocycles. The van der Waals surface area contributed by atoms with E-state index in [-0.39, 0.29) is 11.9 Å². The highest BCUT2D eigenvalue weighted by atomic mass is 32.1. The van der Waals surface area contributed by atoms with Crippen LogP contribution in [0.1, 0.15) is 40.1 Å². The average molecular weight is 389 g/mol. The van der Waals surface area contributed by atoms with Crippen molar-refractivity contribution in [3.63, 3.8) is 0 Å². The molecule has 3 rings (SSSR count). The van der Waals surface area contributed by atoms with Crippen LogP contribution in [0.3, 0.4) is 0 Å². The maximum Gasteiger partial charge on any atom is 0.341 e. The molecule has 0 saturated carbocycles. The third kappa shape index (κ3) is 4.60. The standard InChI is InChI=1S/C20H23NO5S/c1-24-13-8-10-14(11-9-13)26-12-4-7-17(22)21-19-18(20(23)25-2)15-5-3-6-16(15)27-19/h8-11H,3-7,12H2,1-2H3,(H,21,22). The molecule has 0 aliphatic heterocycles. The zero-order valence-electron chi connectivity index (χ0n) is 15.5. The molecule has 0 atom stereocenters. The van der Waals surface area contributed by atoms with Crippen LogP contribution < -0.4 is 14.8 Å². The van der Waals surface area contributed by atoms with Gasteiger partial charge in [0, 0.05) is 11.3 Å². The molecule has 0 saturated heterocycles. The van der Waals surface area contributed by atoms with Crippen molar-refractivity contribution in [3.8, 4) is 11.5 Å². The number of thiophene rings is 1. The van der Waals surface area contributed by atoms with Crippen molar-refractivity contribution in [2.75, 3.05) is 26.1 Å². The molecule has 1 aliphatic rings. The topological polar surface area (TPSA) is 73.9 Å². The molecule has 0 spiro atoms. The Balaban J connectivity index is 1.50. The molecule has 1 amide bonds. The molecule has 0 unspecified atom stereocenters. The number of anilines is 1. The quantitative estimate of drug-likeness (QED) is 0.549. The number of hydrogen-bond acceptors (Lipinski definition) is 6. The molecule has 0 radical (unpaired) electrons. The number of esters is 1. The summed E-state index contributed by atoms with van der Waals surface area (Å²) in [6.07, 6.45) is 3.76. The Labute approximate surface area is 162 Å². The highest BCUT2D eigenvalue weighted by molar-refractivity contribution is 7.17. The third-order valence-corrected chi connectivity index (χ3v) is 5.65. The average Bonchev–Trinajstić information content (AvgIpc) is 3.26. The highest BCUT2D eigenvalue weighted by Crippen LogP contribution is 2.39. The van der Waals surface area contributed by atoms with Crippen LogP contribution in [-0.4, -0.2) is 32.7 Å². The maximum atomic E-state index is 12.3. The molecule has 0 bridgehead atoms. The second-order valence-electron chi connectivity index (χ2n) is 6.23. The van der Waals surface area contributed by atoms with E-state index in [1.165, 1.54) is 23.3 Å². The van der Waals surface area contributed by atoms with Crippen molar-refractivity contribution < 1.29 is 23.8 Å². The number of ether oxygens (including phenoxy) is 3. The summed E-state index contributed by atoms with van der Waals surface area (Å²) in [5, 5.41) is 3.48.